The van der Waals surface area contributed by atoms with Crippen LogP contribution in [0.25, 0.3) is 22.6 Å². The van der Waals surface area contributed by atoms with Gasteiger partial charge in [-0.2, -0.15) is 4.98 Å². The van der Waals surface area contributed by atoms with Gasteiger partial charge in [0, 0.05) is 0 Å². The van der Waals surface area contributed by atoms with Gasteiger partial charge in [0.15, 0.2) is 11.5 Å². The van der Waals surface area contributed by atoms with Crippen molar-refractivity contribution in [2.24, 2.45) is 0 Å². The van der Waals surface area contributed by atoms with E-state index in [-0.39, 0.29) is 10.6 Å². The second-order valence-corrected chi connectivity index (χ2v) is 7.08. The van der Waals surface area contributed by atoms with E-state index < -0.39 is 11.2 Å². The minimum Gasteiger partial charge on any atom is -0.309 e. The smallest absolute Gasteiger partial charge is 0.309 e. The van der Waals surface area contributed by atoms with Gasteiger partial charge < -0.3 is 4.57 Å². The number of benzene rings is 1. The second-order valence-electron chi connectivity index (χ2n) is 6.03. The number of alkyl halides is 1. The van der Waals surface area contributed by atoms with E-state index in [1.165, 1.54) is 0 Å². The summed E-state index contributed by atoms with van der Waals surface area (Å²) in [4.78, 5) is 34.5. The Balaban J connectivity index is 2.43. The van der Waals surface area contributed by atoms with E-state index in [1.54, 1.807) is 0 Å². The summed E-state index contributed by atoms with van der Waals surface area (Å²) in [5.74, 6) is 0.317. The Morgan fingerprint density at radius 1 is 1.21 bits per heavy atom. The van der Waals surface area contributed by atoms with Crippen LogP contribution >= 0.6 is 15.9 Å². The number of rotatable bonds is 4. The summed E-state index contributed by atoms with van der Waals surface area (Å²) in [6.45, 7) is 6.17. The molecule has 126 valence electrons. The number of aromatic nitrogens is 4. The Morgan fingerprint density at radius 3 is 2.62 bits per heavy atom. The van der Waals surface area contributed by atoms with Crippen molar-refractivity contribution in [3.63, 3.8) is 0 Å². The number of aromatic amines is 1. The molecule has 0 spiro atoms. The van der Waals surface area contributed by atoms with E-state index in [0.717, 1.165) is 41.4 Å². The van der Waals surface area contributed by atoms with E-state index in [0.29, 0.717) is 5.82 Å². The molecular weight excluding hydrogens is 372 g/mol. The molecule has 3 rings (SSSR count). The van der Waals surface area contributed by atoms with Crippen LogP contribution in [0.15, 0.2) is 21.7 Å². The van der Waals surface area contributed by atoms with Crippen LogP contribution in [0.3, 0.4) is 0 Å². The molecule has 1 aromatic carbocycles. The molecule has 0 amide bonds. The predicted molar refractivity (Wildman–Crippen MR) is 98.0 cm³/mol. The number of nitrogens with one attached hydrogen (secondary N) is 1. The SMILES string of the molecule is CCCCC(Br)n1c2nc(=O)[nH]c(=O)c-2nc2cc(C)c(C)cc21. The summed E-state index contributed by atoms with van der Waals surface area (Å²) >= 11 is 3.70. The van der Waals surface area contributed by atoms with Crippen molar-refractivity contribution in [1.82, 2.24) is 19.5 Å². The Labute approximate surface area is 147 Å². The summed E-state index contributed by atoms with van der Waals surface area (Å²) < 4.78 is 1.91. The molecule has 0 radical (unpaired) electrons. The maximum absolute atomic E-state index is 12.2. The second kappa shape index (κ2) is 6.47. The first-order valence-corrected chi connectivity index (χ1v) is 8.91. The molecule has 2 aliphatic rings. The molecule has 2 aliphatic heterocycles. The van der Waals surface area contributed by atoms with Crippen LogP contribution in [0.4, 0.5) is 0 Å². The minimum atomic E-state index is -0.651. The Kier molecular flexibility index (Phi) is 4.54. The molecule has 0 aliphatic carbocycles. The molecule has 0 saturated carbocycles. The highest BCUT2D eigenvalue weighted by atomic mass is 79.9. The normalized spacial score (nSPS) is 12.8. The summed E-state index contributed by atoms with van der Waals surface area (Å²) in [6, 6.07) is 4.00. The molecule has 1 unspecified atom stereocenters. The fourth-order valence-corrected chi connectivity index (χ4v) is 3.53. The molecule has 1 atom stereocenters. The van der Waals surface area contributed by atoms with Crippen molar-refractivity contribution in [2.45, 2.75) is 45.0 Å². The average molecular weight is 391 g/mol. The third-order valence-electron chi connectivity index (χ3n) is 4.24. The van der Waals surface area contributed by atoms with Crippen LogP contribution < -0.4 is 11.2 Å². The molecule has 0 fully saturated rings. The monoisotopic (exact) mass is 390 g/mol. The van der Waals surface area contributed by atoms with Gasteiger partial charge in [-0.3, -0.25) is 9.78 Å². The highest BCUT2D eigenvalue weighted by Gasteiger charge is 2.22. The van der Waals surface area contributed by atoms with Gasteiger partial charge in [0.1, 0.15) is 0 Å². The summed E-state index contributed by atoms with van der Waals surface area (Å²) in [7, 11) is 0. The van der Waals surface area contributed by atoms with E-state index in [9.17, 15) is 9.59 Å². The van der Waals surface area contributed by atoms with Crippen LogP contribution in [0.2, 0.25) is 0 Å². The quantitative estimate of drug-likeness (QED) is 0.547. The molecule has 1 N–H and O–H groups in total. The lowest BCUT2D eigenvalue weighted by Gasteiger charge is -2.22. The number of unbranched alkanes of at least 4 members (excludes halogenated alkanes) is 1. The molecule has 24 heavy (non-hydrogen) atoms. The zero-order valence-corrected chi connectivity index (χ0v) is 15.5. The number of aryl methyl sites for hydroxylation is 2. The first-order valence-electron chi connectivity index (χ1n) is 8.00. The van der Waals surface area contributed by atoms with Crippen LogP contribution in [-0.4, -0.2) is 19.5 Å². The largest absolute Gasteiger partial charge is 0.349 e. The van der Waals surface area contributed by atoms with Gasteiger partial charge in [0.05, 0.1) is 16.0 Å². The summed E-state index contributed by atoms with van der Waals surface area (Å²) in [5, 5.41) is 0. The van der Waals surface area contributed by atoms with Crippen molar-refractivity contribution in [1.29, 1.82) is 0 Å². The topological polar surface area (TPSA) is 80.6 Å². The zero-order valence-electron chi connectivity index (χ0n) is 13.9. The lowest BCUT2D eigenvalue weighted by molar-refractivity contribution is 0.602. The van der Waals surface area contributed by atoms with Gasteiger partial charge in [0.2, 0.25) is 0 Å². The molecule has 7 heteroatoms. The van der Waals surface area contributed by atoms with Gasteiger partial charge in [-0.25, -0.2) is 9.78 Å². The van der Waals surface area contributed by atoms with Crippen LogP contribution in [0, 0.1) is 13.8 Å². The number of hydrogen-bond acceptors (Lipinski definition) is 4. The number of hydrogen-bond donors (Lipinski definition) is 1. The lowest BCUT2D eigenvalue weighted by atomic mass is 10.1. The van der Waals surface area contributed by atoms with E-state index in [1.807, 2.05) is 30.5 Å². The third kappa shape index (κ3) is 2.88. The highest BCUT2D eigenvalue weighted by molar-refractivity contribution is 9.09. The summed E-state index contributed by atoms with van der Waals surface area (Å²) in [6.07, 6.45) is 2.94. The van der Waals surface area contributed by atoms with Crippen molar-refractivity contribution in [3.8, 4) is 11.5 Å². The van der Waals surface area contributed by atoms with Crippen LogP contribution in [0.1, 0.15) is 42.3 Å². The van der Waals surface area contributed by atoms with Gasteiger partial charge >= 0.3 is 5.69 Å². The fraction of sp³-hybridized carbons (Fsp3) is 0.412. The Hall–Kier alpha value is -2.02. The van der Waals surface area contributed by atoms with Crippen molar-refractivity contribution in [3.05, 3.63) is 44.1 Å². The van der Waals surface area contributed by atoms with Gasteiger partial charge in [-0.1, -0.05) is 35.7 Å². The maximum atomic E-state index is 12.2. The standard InChI is InChI=1S/C17H19BrN4O2/c1-4-5-6-13(18)22-12-8-10(3)9(2)7-11(12)19-14-15(22)20-17(24)21-16(14)23/h7-8,13H,4-6H2,1-3H3,(H,21,23,24). The van der Waals surface area contributed by atoms with Crippen molar-refractivity contribution < 1.29 is 0 Å². The van der Waals surface area contributed by atoms with E-state index >= 15 is 0 Å². The minimum absolute atomic E-state index is 0.0683. The predicted octanol–water partition coefficient (Wildman–Crippen LogP) is 3.29. The number of halogens is 1. The molecule has 2 heterocycles. The zero-order chi connectivity index (χ0) is 17.4. The van der Waals surface area contributed by atoms with Gasteiger partial charge in [-0.05, 0) is 43.5 Å². The van der Waals surface area contributed by atoms with Crippen molar-refractivity contribution in [2.75, 3.05) is 0 Å². The number of fused-ring (bicyclic) bond motifs is 2. The van der Waals surface area contributed by atoms with E-state index in [4.69, 9.17) is 0 Å². The Morgan fingerprint density at radius 2 is 1.92 bits per heavy atom. The van der Waals surface area contributed by atoms with Crippen LogP contribution in [0.5, 0.6) is 0 Å². The first-order chi connectivity index (χ1) is 11.4. The van der Waals surface area contributed by atoms with Crippen LogP contribution in [-0.2, 0) is 0 Å². The molecule has 6 nitrogen and oxygen atoms in total. The van der Waals surface area contributed by atoms with Gasteiger partial charge in [-0.15, -0.1) is 0 Å². The lowest BCUT2D eigenvalue weighted by Crippen LogP contribution is -2.29. The fourth-order valence-electron chi connectivity index (χ4n) is 2.79. The van der Waals surface area contributed by atoms with Crippen molar-refractivity contribution >= 4 is 27.0 Å². The van der Waals surface area contributed by atoms with E-state index in [2.05, 4.69) is 37.8 Å². The Bertz CT molecular complexity index is 992. The average Bonchev–Trinajstić information content (AvgIpc) is 2.52. The molecule has 0 saturated heterocycles. The number of H-pyrrole nitrogens is 1. The molecule has 1 aromatic rings. The molecule has 0 aromatic heterocycles. The number of nitrogens with zero attached hydrogens (tertiary/aromatic N) is 3. The summed E-state index contributed by atoms with van der Waals surface area (Å²) in [5.41, 5.74) is 2.84. The molecule has 0 bridgehead atoms. The first kappa shape index (κ1) is 16.8. The van der Waals surface area contributed by atoms with Gasteiger partial charge in [0.25, 0.3) is 5.56 Å². The highest BCUT2D eigenvalue weighted by Crippen LogP contribution is 2.32. The third-order valence-corrected chi connectivity index (χ3v) is 5.11. The molecular formula is C17H19BrN4O2. The maximum Gasteiger partial charge on any atom is 0.349 e.